The first kappa shape index (κ1) is 23.6. The van der Waals surface area contributed by atoms with Gasteiger partial charge < -0.3 is 24.6 Å². The van der Waals surface area contributed by atoms with Gasteiger partial charge in [0, 0.05) is 50.3 Å². The Labute approximate surface area is 199 Å². The lowest BCUT2D eigenvalue weighted by atomic mass is 9.94. The standard InChI is InChI=1S/C26H31N3O5/c1-33-22-9-8-21(15-23(22)34-2)29-17-20(14-24(29)30)26(32)28-12-10-19(11-13-28)25(31)27-16-18-6-4-3-5-7-18/h3-9,15,19-20H,10-14,16-17H2,1-2H3,(H,27,31). The highest BCUT2D eigenvalue weighted by molar-refractivity contribution is 6.00. The van der Waals surface area contributed by atoms with Crippen LogP contribution in [0.15, 0.2) is 48.5 Å². The van der Waals surface area contributed by atoms with Crippen LogP contribution < -0.4 is 19.7 Å². The van der Waals surface area contributed by atoms with Crippen molar-refractivity contribution >= 4 is 23.4 Å². The number of anilines is 1. The molecule has 0 aromatic heterocycles. The minimum atomic E-state index is -0.385. The molecule has 0 spiro atoms. The Morgan fingerprint density at radius 2 is 1.68 bits per heavy atom. The Kier molecular flexibility index (Phi) is 7.35. The normalized spacial score (nSPS) is 18.6. The average Bonchev–Trinajstić information content (AvgIpc) is 3.28. The maximum atomic E-state index is 13.1. The fourth-order valence-electron chi connectivity index (χ4n) is 4.66. The Morgan fingerprint density at radius 1 is 0.971 bits per heavy atom. The Bertz CT molecular complexity index is 1030. The van der Waals surface area contributed by atoms with E-state index in [0.717, 1.165) is 5.56 Å². The summed E-state index contributed by atoms with van der Waals surface area (Å²) in [5.41, 5.74) is 1.75. The van der Waals surface area contributed by atoms with E-state index in [1.165, 1.54) is 0 Å². The Morgan fingerprint density at radius 3 is 2.35 bits per heavy atom. The predicted molar refractivity (Wildman–Crippen MR) is 128 cm³/mol. The van der Waals surface area contributed by atoms with Gasteiger partial charge in [0.1, 0.15) is 0 Å². The molecule has 1 N–H and O–H groups in total. The molecule has 2 aliphatic heterocycles. The van der Waals surface area contributed by atoms with Crippen LogP contribution in [0, 0.1) is 11.8 Å². The lowest BCUT2D eigenvalue weighted by Crippen LogP contribution is -2.45. The molecule has 2 heterocycles. The third-order valence-corrected chi connectivity index (χ3v) is 6.64. The summed E-state index contributed by atoms with van der Waals surface area (Å²) in [7, 11) is 3.11. The molecule has 3 amide bonds. The summed E-state index contributed by atoms with van der Waals surface area (Å²) in [6.45, 7) is 1.91. The maximum Gasteiger partial charge on any atom is 0.228 e. The van der Waals surface area contributed by atoms with Crippen LogP contribution in [0.25, 0.3) is 0 Å². The van der Waals surface area contributed by atoms with Crippen molar-refractivity contribution in [3.8, 4) is 11.5 Å². The lowest BCUT2D eigenvalue weighted by Gasteiger charge is -2.33. The highest BCUT2D eigenvalue weighted by atomic mass is 16.5. The SMILES string of the molecule is COc1ccc(N2CC(C(=O)N3CCC(C(=O)NCc4ccccc4)CC3)CC2=O)cc1OC. The zero-order valence-corrected chi connectivity index (χ0v) is 19.7. The van der Waals surface area contributed by atoms with Crippen LogP contribution in [0.1, 0.15) is 24.8 Å². The highest BCUT2D eigenvalue weighted by Crippen LogP contribution is 2.34. The highest BCUT2D eigenvalue weighted by Gasteiger charge is 2.38. The molecular formula is C26H31N3O5. The zero-order valence-electron chi connectivity index (χ0n) is 19.7. The summed E-state index contributed by atoms with van der Waals surface area (Å²) in [5, 5.41) is 3.00. The minimum Gasteiger partial charge on any atom is -0.493 e. The number of carbonyl (C=O) groups excluding carboxylic acids is 3. The Hall–Kier alpha value is -3.55. The minimum absolute atomic E-state index is 0.0144. The van der Waals surface area contributed by atoms with E-state index in [2.05, 4.69) is 5.32 Å². The van der Waals surface area contributed by atoms with Crippen molar-refractivity contribution in [3.63, 3.8) is 0 Å². The average molecular weight is 466 g/mol. The van der Waals surface area contributed by atoms with Crippen molar-refractivity contribution in [1.82, 2.24) is 10.2 Å². The number of piperidine rings is 1. The van der Waals surface area contributed by atoms with Gasteiger partial charge in [0.25, 0.3) is 0 Å². The molecule has 8 nitrogen and oxygen atoms in total. The molecular weight excluding hydrogens is 434 g/mol. The zero-order chi connectivity index (χ0) is 24.1. The van der Waals surface area contributed by atoms with Crippen molar-refractivity contribution in [3.05, 3.63) is 54.1 Å². The van der Waals surface area contributed by atoms with Crippen molar-refractivity contribution in [1.29, 1.82) is 0 Å². The molecule has 0 radical (unpaired) electrons. The fraction of sp³-hybridized carbons (Fsp3) is 0.423. The topological polar surface area (TPSA) is 88.2 Å². The molecule has 2 fully saturated rings. The molecule has 8 heteroatoms. The van der Waals surface area contributed by atoms with Crippen molar-refractivity contribution < 1.29 is 23.9 Å². The third kappa shape index (κ3) is 5.16. The second-order valence-electron chi connectivity index (χ2n) is 8.75. The van der Waals surface area contributed by atoms with Crippen LogP contribution in [-0.4, -0.2) is 56.5 Å². The van der Waals surface area contributed by atoms with E-state index in [0.29, 0.717) is 56.2 Å². The second-order valence-corrected chi connectivity index (χ2v) is 8.75. The summed E-state index contributed by atoms with van der Waals surface area (Å²) >= 11 is 0. The van der Waals surface area contributed by atoms with E-state index in [9.17, 15) is 14.4 Å². The smallest absolute Gasteiger partial charge is 0.228 e. The van der Waals surface area contributed by atoms with E-state index in [4.69, 9.17) is 9.47 Å². The van der Waals surface area contributed by atoms with Gasteiger partial charge >= 0.3 is 0 Å². The second kappa shape index (κ2) is 10.6. The molecule has 1 unspecified atom stereocenters. The number of hydrogen-bond acceptors (Lipinski definition) is 5. The molecule has 2 saturated heterocycles. The summed E-state index contributed by atoms with van der Waals surface area (Å²) in [4.78, 5) is 41.8. The number of nitrogens with zero attached hydrogens (tertiary/aromatic N) is 2. The van der Waals surface area contributed by atoms with Gasteiger partial charge in [-0.3, -0.25) is 14.4 Å². The van der Waals surface area contributed by atoms with Gasteiger partial charge in [-0.05, 0) is 30.5 Å². The van der Waals surface area contributed by atoms with Crippen LogP contribution >= 0.6 is 0 Å². The van der Waals surface area contributed by atoms with Gasteiger partial charge in [0.05, 0.1) is 20.1 Å². The van der Waals surface area contributed by atoms with Crippen molar-refractivity contribution in [2.24, 2.45) is 11.8 Å². The molecule has 180 valence electrons. The number of likely N-dealkylation sites (tertiary alicyclic amines) is 1. The van der Waals surface area contributed by atoms with Crippen LogP contribution in [-0.2, 0) is 20.9 Å². The van der Waals surface area contributed by atoms with Gasteiger partial charge in [0.2, 0.25) is 17.7 Å². The van der Waals surface area contributed by atoms with Crippen LogP contribution in [0.5, 0.6) is 11.5 Å². The maximum absolute atomic E-state index is 13.1. The van der Waals surface area contributed by atoms with Gasteiger partial charge in [-0.15, -0.1) is 0 Å². The molecule has 34 heavy (non-hydrogen) atoms. The number of nitrogens with one attached hydrogen (secondary N) is 1. The summed E-state index contributed by atoms with van der Waals surface area (Å²) in [6.07, 6.45) is 1.45. The monoisotopic (exact) mass is 465 g/mol. The molecule has 0 saturated carbocycles. The van der Waals surface area contributed by atoms with E-state index < -0.39 is 0 Å². The number of rotatable bonds is 7. The number of amides is 3. The van der Waals surface area contributed by atoms with E-state index in [1.807, 2.05) is 30.3 Å². The van der Waals surface area contributed by atoms with Crippen molar-refractivity contribution in [2.45, 2.75) is 25.8 Å². The van der Waals surface area contributed by atoms with Gasteiger partial charge in [0.15, 0.2) is 11.5 Å². The van der Waals surface area contributed by atoms with Gasteiger partial charge in [-0.25, -0.2) is 0 Å². The van der Waals surface area contributed by atoms with Crippen LogP contribution in [0.4, 0.5) is 5.69 Å². The number of ether oxygens (including phenoxy) is 2. The van der Waals surface area contributed by atoms with Gasteiger partial charge in [-0.2, -0.15) is 0 Å². The number of methoxy groups -OCH3 is 2. The largest absolute Gasteiger partial charge is 0.493 e. The van der Waals surface area contributed by atoms with Gasteiger partial charge in [-0.1, -0.05) is 30.3 Å². The van der Waals surface area contributed by atoms with E-state index in [-0.39, 0.29) is 36.0 Å². The summed E-state index contributed by atoms with van der Waals surface area (Å²) < 4.78 is 10.6. The first-order valence-corrected chi connectivity index (χ1v) is 11.6. The van der Waals surface area contributed by atoms with Crippen molar-refractivity contribution in [2.75, 3.05) is 38.8 Å². The molecule has 2 aromatic rings. The first-order valence-electron chi connectivity index (χ1n) is 11.6. The first-order chi connectivity index (χ1) is 16.5. The summed E-state index contributed by atoms with van der Waals surface area (Å²) in [6, 6.07) is 15.1. The fourth-order valence-corrected chi connectivity index (χ4v) is 4.66. The molecule has 4 rings (SSSR count). The van der Waals surface area contributed by atoms with E-state index >= 15 is 0 Å². The number of benzene rings is 2. The molecule has 1 atom stereocenters. The van der Waals surface area contributed by atoms with Crippen LogP contribution in [0.2, 0.25) is 0 Å². The molecule has 2 aromatic carbocycles. The quantitative estimate of drug-likeness (QED) is 0.679. The molecule has 0 bridgehead atoms. The predicted octanol–water partition coefficient (Wildman–Crippen LogP) is 2.61. The summed E-state index contributed by atoms with van der Waals surface area (Å²) in [5.74, 6) is 0.577. The third-order valence-electron chi connectivity index (χ3n) is 6.64. The molecule has 0 aliphatic carbocycles. The lowest BCUT2D eigenvalue weighted by molar-refractivity contribution is -0.139. The number of carbonyl (C=O) groups is 3. The van der Waals surface area contributed by atoms with E-state index in [1.54, 1.807) is 42.2 Å². The number of hydrogen-bond donors (Lipinski definition) is 1. The molecule has 2 aliphatic rings. The Balaban J connectivity index is 1.29. The van der Waals surface area contributed by atoms with Crippen LogP contribution in [0.3, 0.4) is 0 Å².